The van der Waals surface area contributed by atoms with Crippen LogP contribution in [0.1, 0.15) is 36.3 Å². The molecule has 0 aromatic heterocycles. The average Bonchev–Trinajstić information content (AvgIpc) is 2.66. The molecule has 0 spiro atoms. The van der Waals surface area contributed by atoms with Gasteiger partial charge in [0, 0.05) is 19.6 Å². The monoisotopic (exact) mass is 343 g/mol. The minimum absolute atomic E-state index is 0.0550. The van der Waals surface area contributed by atoms with Crippen molar-refractivity contribution >= 4 is 5.91 Å². The molecule has 0 bridgehead atoms. The summed E-state index contributed by atoms with van der Waals surface area (Å²) in [5.41, 5.74) is 6.01. The highest BCUT2D eigenvalue weighted by Crippen LogP contribution is 2.28. The number of amides is 1. The van der Waals surface area contributed by atoms with Crippen LogP contribution in [-0.4, -0.2) is 34.5 Å². The minimum atomic E-state index is -0.414. The van der Waals surface area contributed by atoms with E-state index in [4.69, 9.17) is 10.3 Å². The average molecular weight is 343 g/mol. The first-order valence-electron chi connectivity index (χ1n) is 8.52. The highest BCUT2D eigenvalue weighted by Gasteiger charge is 2.13. The van der Waals surface area contributed by atoms with Crippen molar-refractivity contribution in [2.45, 2.75) is 31.6 Å². The van der Waals surface area contributed by atoms with Gasteiger partial charge in [0.1, 0.15) is 0 Å². The SMILES string of the molecule is O=C(CC[C@H](CCO)c1ccc(-c2ccc(CCO)cc2)cc1)NO. The molecule has 4 N–H and O–H groups in total. The summed E-state index contributed by atoms with van der Waals surface area (Å²) in [6, 6.07) is 16.2. The lowest BCUT2D eigenvalue weighted by atomic mass is 9.90. The highest BCUT2D eigenvalue weighted by molar-refractivity contribution is 5.74. The van der Waals surface area contributed by atoms with Crippen molar-refractivity contribution in [3.63, 3.8) is 0 Å². The third-order valence-electron chi connectivity index (χ3n) is 4.39. The molecule has 0 saturated heterocycles. The Morgan fingerprint density at radius 3 is 2.00 bits per heavy atom. The van der Waals surface area contributed by atoms with E-state index in [1.807, 2.05) is 48.5 Å². The predicted octanol–water partition coefficient (Wildman–Crippen LogP) is 2.64. The summed E-state index contributed by atoms with van der Waals surface area (Å²) in [6.07, 6.45) is 2.02. The zero-order chi connectivity index (χ0) is 18.1. The number of carbonyl (C=O) groups excluding carboxylic acids is 1. The van der Waals surface area contributed by atoms with Crippen LogP contribution < -0.4 is 5.48 Å². The maximum absolute atomic E-state index is 11.2. The van der Waals surface area contributed by atoms with Crippen LogP contribution in [-0.2, 0) is 11.2 Å². The van der Waals surface area contributed by atoms with Gasteiger partial charge in [0.25, 0.3) is 0 Å². The molecule has 2 aromatic carbocycles. The van der Waals surface area contributed by atoms with Gasteiger partial charge in [0.2, 0.25) is 5.91 Å². The molecule has 2 aromatic rings. The van der Waals surface area contributed by atoms with Crippen molar-refractivity contribution in [3.8, 4) is 11.1 Å². The Morgan fingerprint density at radius 1 is 0.880 bits per heavy atom. The lowest BCUT2D eigenvalue weighted by Gasteiger charge is -2.16. The Balaban J connectivity index is 2.09. The lowest BCUT2D eigenvalue weighted by molar-refractivity contribution is -0.129. The van der Waals surface area contributed by atoms with Gasteiger partial charge in [-0.15, -0.1) is 0 Å². The fourth-order valence-electron chi connectivity index (χ4n) is 2.94. The van der Waals surface area contributed by atoms with Gasteiger partial charge in [-0.2, -0.15) is 0 Å². The van der Waals surface area contributed by atoms with Crippen molar-refractivity contribution in [2.24, 2.45) is 0 Å². The molecule has 0 radical (unpaired) electrons. The van der Waals surface area contributed by atoms with Crippen LogP contribution in [0.25, 0.3) is 11.1 Å². The fourth-order valence-corrected chi connectivity index (χ4v) is 2.94. The highest BCUT2D eigenvalue weighted by atomic mass is 16.5. The van der Waals surface area contributed by atoms with E-state index in [-0.39, 0.29) is 25.6 Å². The number of carbonyl (C=O) groups is 1. The van der Waals surface area contributed by atoms with E-state index in [0.29, 0.717) is 19.3 Å². The van der Waals surface area contributed by atoms with Crippen LogP contribution in [0.4, 0.5) is 0 Å². The van der Waals surface area contributed by atoms with Crippen LogP contribution in [0.3, 0.4) is 0 Å². The lowest BCUT2D eigenvalue weighted by Crippen LogP contribution is -2.19. The van der Waals surface area contributed by atoms with E-state index in [1.54, 1.807) is 5.48 Å². The predicted molar refractivity (Wildman–Crippen MR) is 96.3 cm³/mol. The zero-order valence-corrected chi connectivity index (χ0v) is 14.2. The summed E-state index contributed by atoms with van der Waals surface area (Å²) in [7, 11) is 0. The quantitative estimate of drug-likeness (QED) is 0.416. The first-order chi connectivity index (χ1) is 12.2. The largest absolute Gasteiger partial charge is 0.396 e. The number of aliphatic hydroxyl groups excluding tert-OH is 2. The molecular weight excluding hydrogens is 318 g/mol. The van der Waals surface area contributed by atoms with E-state index >= 15 is 0 Å². The van der Waals surface area contributed by atoms with Crippen LogP contribution in [0.15, 0.2) is 48.5 Å². The topological polar surface area (TPSA) is 89.8 Å². The molecule has 2 rings (SSSR count). The smallest absolute Gasteiger partial charge is 0.243 e. The van der Waals surface area contributed by atoms with Gasteiger partial charge in [-0.05, 0) is 47.4 Å². The molecule has 0 unspecified atom stereocenters. The van der Waals surface area contributed by atoms with Gasteiger partial charge >= 0.3 is 0 Å². The standard InChI is InChI=1S/C20H25NO4/c22-13-11-15-1-3-16(4-2-15)17-5-7-18(8-6-17)19(12-14-23)9-10-20(24)21-25/h1-8,19,22-23,25H,9-14H2,(H,21,24)/t19-/m1/s1. The Morgan fingerprint density at radius 2 is 1.48 bits per heavy atom. The van der Waals surface area contributed by atoms with E-state index in [9.17, 15) is 9.90 Å². The molecule has 0 aliphatic heterocycles. The number of hydrogen-bond acceptors (Lipinski definition) is 4. The summed E-state index contributed by atoms with van der Waals surface area (Å²) >= 11 is 0. The summed E-state index contributed by atoms with van der Waals surface area (Å²) in [5.74, 6) is -0.342. The number of hydroxylamine groups is 1. The van der Waals surface area contributed by atoms with E-state index in [2.05, 4.69) is 0 Å². The van der Waals surface area contributed by atoms with Crippen molar-refractivity contribution in [3.05, 3.63) is 59.7 Å². The van der Waals surface area contributed by atoms with Crippen molar-refractivity contribution in [2.75, 3.05) is 13.2 Å². The Bertz CT molecular complexity index is 652. The number of nitrogens with one attached hydrogen (secondary N) is 1. The minimum Gasteiger partial charge on any atom is -0.396 e. The van der Waals surface area contributed by atoms with E-state index < -0.39 is 5.91 Å². The van der Waals surface area contributed by atoms with Gasteiger partial charge < -0.3 is 10.2 Å². The number of rotatable bonds is 9. The van der Waals surface area contributed by atoms with E-state index in [1.165, 1.54) is 0 Å². The van der Waals surface area contributed by atoms with Gasteiger partial charge in [-0.25, -0.2) is 5.48 Å². The summed E-state index contributed by atoms with van der Waals surface area (Å²) in [6.45, 7) is 0.202. The fraction of sp³-hybridized carbons (Fsp3) is 0.350. The third-order valence-corrected chi connectivity index (χ3v) is 4.39. The maximum atomic E-state index is 11.2. The van der Waals surface area contributed by atoms with Gasteiger partial charge in [-0.3, -0.25) is 10.0 Å². The molecule has 134 valence electrons. The summed E-state index contributed by atoms with van der Waals surface area (Å²) < 4.78 is 0. The third kappa shape index (κ3) is 5.67. The Hall–Kier alpha value is -2.21. The molecule has 1 amide bonds. The molecule has 0 saturated carbocycles. The number of hydrogen-bond donors (Lipinski definition) is 4. The Kier molecular flexibility index (Phi) is 7.60. The second-order valence-electron chi connectivity index (χ2n) is 6.08. The molecule has 0 fully saturated rings. The molecule has 0 heterocycles. The van der Waals surface area contributed by atoms with Crippen LogP contribution >= 0.6 is 0 Å². The molecule has 1 atom stereocenters. The second-order valence-corrected chi connectivity index (χ2v) is 6.08. The normalized spacial score (nSPS) is 12.0. The molecule has 25 heavy (non-hydrogen) atoms. The van der Waals surface area contributed by atoms with Crippen molar-refractivity contribution in [1.29, 1.82) is 0 Å². The summed E-state index contributed by atoms with van der Waals surface area (Å²) in [5, 5.41) is 26.8. The van der Waals surface area contributed by atoms with Crippen molar-refractivity contribution < 1.29 is 20.2 Å². The summed E-state index contributed by atoms with van der Waals surface area (Å²) in [4.78, 5) is 11.2. The molecule has 0 aliphatic carbocycles. The van der Waals surface area contributed by atoms with Gasteiger partial charge in [-0.1, -0.05) is 48.5 Å². The molecular formula is C20H25NO4. The van der Waals surface area contributed by atoms with Crippen molar-refractivity contribution in [1.82, 2.24) is 5.48 Å². The van der Waals surface area contributed by atoms with Crippen LogP contribution in [0.2, 0.25) is 0 Å². The first kappa shape index (κ1) is 19.1. The zero-order valence-electron chi connectivity index (χ0n) is 14.2. The van der Waals surface area contributed by atoms with Crippen LogP contribution in [0, 0.1) is 0 Å². The van der Waals surface area contributed by atoms with Crippen LogP contribution in [0.5, 0.6) is 0 Å². The van der Waals surface area contributed by atoms with Gasteiger partial charge in [0.15, 0.2) is 0 Å². The second kappa shape index (κ2) is 9.93. The maximum Gasteiger partial charge on any atom is 0.243 e. The van der Waals surface area contributed by atoms with Gasteiger partial charge in [0.05, 0.1) is 0 Å². The molecule has 0 aliphatic rings. The first-order valence-corrected chi connectivity index (χ1v) is 8.52. The number of aliphatic hydroxyl groups is 2. The van der Waals surface area contributed by atoms with E-state index in [0.717, 1.165) is 22.3 Å². The molecule has 5 heteroatoms. The number of benzene rings is 2. The Labute approximate surface area is 147 Å². The molecule has 5 nitrogen and oxygen atoms in total.